The molecule has 6 nitrogen and oxygen atoms in total. The lowest BCUT2D eigenvalue weighted by molar-refractivity contribution is -0.120. The molecule has 0 unspecified atom stereocenters. The highest BCUT2D eigenvalue weighted by Gasteiger charge is 2.10. The molecule has 0 atom stereocenters. The van der Waals surface area contributed by atoms with E-state index in [2.05, 4.69) is 15.2 Å². The maximum atomic E-state index is 12.2. The van der Waals surface area contributed by atoms with Crippen LogP contribution in [0.5, 0.6) is 5.75 Å². The van der Waals surface area contributed by atoms with Gasteiger partial charge >= 0.3 is 0 Å². The van der Waals surface area contributed by atoms with E-state index in [1.165, 1.54) is 0 Å². The highest BCUT2D eigenvalue weighted by Crippen LogP contribution is 2.22. The van der Waals surface area contributed by atoms with Crippen molar-refractivity contribution in [1.29, 1.82) is 0 Å². The van der Waals surface area contributed by atoms with Crippen LogP contribution in [-0.2, 0) is 22.5 Å². The van der Waals surface area contributed by atoms with E-state index in [1.54, 1.807) is 0 Å². The smallest absolute Gasteiger partial charge is 0.226 e. The number of nitrogens with one attached hydrogen (secondary N) is 1. The van der Waals surface area contributed by atoms with Crippen molar-refractivity contribution in [1.82, 2.24) is 15.2 Å². The molecule has 1 fully saturated rings. The highest BCUT2D eigenvalue weighted by molar-refractivity contribution is 5.85. The van der Waals surface area contributed by atoms with Crippen molar-refractivity contribution >= 4 is 30.7 Å². The first-order chi connectivity index (χ1) is 15.8. The van der Waals surface area contributed by atoms with Gasteiger partial charge in [-0.25, -0.2) is 0 Å². The van der Waals surface area contributed by atoms with Crippen LogP contribution >= 0.6 is 24.8 Å². The van der Waals surface area contributed by atoms with Gasteiger partial charge in [0.25, 0.3) is 0 Å². The Morgan fingerprint density at radius 2 is 1.65 bits per heavy atom. The lowest BCUT2D eigenvalue weighted by Gasteiger charge is -2.26. The van der Waals surface area contributed by atoms with Crippen LogP contribution in [0.25, 0.3) is 11.1 Å². The average molecular weight is 504 g/mol. The molecular weight excluding hydrogens is 473 g/mol. The van der Waals surface area contributed by atoms with E-state index in [0.717, 1.165) is 61.0 Å². The van der Waals surface area contributed by atoms with E-state index in [-0.39, 0.29) is 37.1 Å². The number of hydrogen-bond donors (Lipinski definition) is 1. The Kier molecular flexibility index (Phi) is 11.8. The first kappa shape index (κ1) is 27.6. The number of hydrogen-bond acceptors (Lipinski definition) is 5. The van der Waals surface area contributed by atoms with Gasteiger partial charge in [0.05, 0.1) is 19.6 Å². The van der Waals surface area contributed by atoms with Crippen molar-refractivity contribution < 1.29 is 14.3 Å². The van der Waals surface area contributed by atoms with Gasteiger partial charge < -0.3 is 14.8 Å². The molecule has 0 bridgehead atoms. The number of pyridine rings is 1. The molecule has 2 aromatic carbocycles. The number of carbonyl (C=O) groups is 1. The van der Waals surface area contributed by atoms with Crippen LogP contribution in [0.4, 0.5) is 0 Å². The minimum Gasteiger partial charge on any atom is -0.492 e. The molecular formula is C26H31Cl2N3O3. The molecule has 1 aliphatic heterocycles. The molecule has 4 rings (SSSR count). The zero-order valence-electron chi connectivity index (χ0n) is 19.0. The first-order valence-electron chi connectivity index (χ1n) is 11.1. The minimum absolute atomic E-state index is 0. The Morgan fingerprint density at radius 3 is 2.32 bits per heavy atom. The van der Waals surface area contributed by atoms with Gasteiger partial charge in [0.2, 0.25) is 5.91 Å². The Bertz CT molecular complexity index is 980. The summed E-state index contributed by atoms with van der Waals surface area (Å²) in [4.78, 5) is 19.0. The molecule has 1 aromatic heterocycles. The predicted octanol–water partition coefficient (Wildman–Crippen LogP) is 4.16. The number of amides is 1. The first-order valence-corrected chi connectivity index (χ1v) is 11.1. The second-order valence-electron chi connectivity index (χ2n) is 7.80. The van der Waals surface area contributed by atoms with Crippen molar-refractivity contribution in [2.75, 3.05) is 39.5 Å². The molecule has 1 amide bonds. The molecule has 1 saturated heterocycles. The van der Waals surface area contributed by atoms with Gasteiger partial charge in [-0.3, -0.25) is 14.7 Å². The van der Waals surface area contributed by atoms with Gasteiger partial charge in [-0.1, -0.05) is 48.5 Å². The topological polar surface area (TPSA) is 63.7 Å². The van der Waals surface area contributed by atoms with E-state index in [4.69, 9.17) is 9.47 Å². The van der Waals surface area contributed by atoms with Gasteiger partial charge in [-0.2, -0.15) is 0 Å². The minimum atomic E-state index is -0.0346. The van der Waals surface area contributed by atoms with Gasteiger partial charge in [0.15, 0.2) is 0 Å². The SMILES string of the molecule is Cl.Cl.O=C(Cc1ccc(-c2ccc(OCCN3CCOCC3)cc2)cn1)NCc1ccccc1. The summed E-state index contributed by atoms with van der Waals surface area (Å²) in [6.45, 7) is 5.66. The second kappa shape index (κ2) is 14.6. The molecule has 3 aromatic rings. The van der Waals surface area contributed by atoms with E-state index >= 15 is 0 Å². The van der Waals surface area contributed by atoms with E-state index in [0.29, 0.717) is 13.2 Å². The molecule has 0 radical (unpaired) electrons. The fourth-order valence-electron chi connectivity index (χ4n) is 3.58. The number of rotatable bonds is 9. The van der Waals surface area contributed by atoms with Crippen LogP contribution in [0.1, 0.15) is 11.3 Å². The van der Waals surface area contributed by atoms with E-state index in [1.807, 2.05) is 72.9 Å². The summed E-state index contributed by atoms with van der Waals surface area (Å²) in [6.07, 6.45) is 2.08. The van der Waals surface area contributed by atoms with Crippen molar-refractivity contribution in [2.45, 2.75) is 13.0 Å². The van der Waals surface area contributed by atoms with Crippen LogP contribution in [0, 0.1) is 0 Å². The maximum Gasteiger partial charge on any atom is 0.226 e. The van der Waals surface area contributed by atoms with Crippen molar-refractivity contribution in [3.8, 4) is 16.9 Å². The fourth-order valence-corrected chi connectivity index (χ4v) is 3.58. The van der Waals surface area contributed by atoms with Crippen molar-refractivity contribution in [3.05, 3.63) is 84.2 Å². The van der Waals surface area contributed by atoms with E-state index in [9.17, 15) is 4.79 Å². The summed E-state index contributed by atoms with van der Waals surface area (Å²) in [7, 11) is 0. The molecule has 0 saturated carbocycles. The third kappa shape index (κ3) is 8.61. The molecule has 0 aliphatic carbocycles. The maximum absolute atomic E-state index is 12.2. The van der Waals surface area contributed by atoms with Gasteiger partial charge in [-0.05, 0) is 29.3 Å². The molecule has 34 heavy (non-hydrogen) atoms. The van der Waals surface area contributed by atoms with Crippen LogP contribution in [0.15, 0.2) is 72.9 Å². The Labute approximate surface area is 213 Å². The largest absolute Gasteiger partial charge is 0.492 e. The number of aromatic nitrogens is 1. The molecule has 0 spiro atoms. The summed E-state index contributed by atoms with van der Waals surface area (Å²) < 4.78 is 11.2. The summed E-state index contributed by atoms with van der Waals surface area (Å²) in [6, 6.07) is 21.8. The fraction of sp³-hybridized carbons (Fsp3) is 0.308. The standard InChI is InChI=1S/C26H29N3O3.2ClH/c30-26(28-19-21-4-2-1-3-5-21)18-24-9-6-23(20-27-24)22-7-10-25(11-8-22)32-17-14-29-12-15-31-16-13-29;;/h1-11,20H,12-19H2,(H,28,30);2*1H. The number of morpholine rings is 1. The normalized spacial score (nSPS) is 13.3. The zero-order chi connectivity index (χ0) is 22.0. The predicted molar refractivity (Wildman–Crippen MR) is 139 cm³/mol. The molecule has 2 heterocycles. The quantitative estimate of drug-likeness (QED) is 0.474. The number of ether oxygens (including phenoxy) is 2. The highest BCUT2D eigenvalue weighted by atomic mass is 35.5. The van der Waals surface area contributed by atoms with E-state index < -0.39 is 0 Å². The third-order valence-electron chi connectivity index (χ3n) is 5.47. The lowest BCUT2D eigenvalue weighted by atomic mass is 10.1. The van der Waals surface area contributed by atoms with Gasteiger partial charge in [0, 0.05) is 43.6 Å². The molecule has 1 aliphatic rings. The molecule has 8 heteroatoms. The summed E-state index contributed by atoms with van der Waals surface area (Å²) in [5, 5.41) is 2.94. The Balaban J connectivity index is 0.00000204. The summed E-state index contributed by atoms with van der Waals surface area (Å²) >= 11 is 0. The lowest BCUT2D eigenvalue weighted by Crippen LogP contribution is -2.38. The monoisotopic (exact) mass is 503 g/mol. The molecule has 1 N–H and O–H groups in total. The molecule has 182 valence electrons. The summed E-state index contributed by atoms with van der Waals surface area (Å²) in [5.41, 5.74) is 3.91. The second-order valence-corrected chi connectivity index (χ2v) is 7.80. The third-order valence-corrected chi connectivity index (χ3v) is 5.47. The number of nitrogens with zero attached hydrogens (tertiary/aromatic N) is 2. The van der Waals surface area contributed by atoms with Crippen molar-refractivity contribution in [3.63, 3.8) is 0 Å². The zero-order valence-corrected chi connectivity index (χ0v) is 20.7. The Hall–Kier alpha value is -2.64. The Morgan fingerprint density at radius 1 is 0.941 bits per heavy atom. The number of halogens is 2. The summed E-state index contributed by atoms with van der Waals surface area (Å²) in [5.74, 6) is 0.828. The van der Waals surface area contributed by atoms with Gasteiger partial charge in [0.1, 0.15) is 12.4 Å². The van der Waals surface area contributed by atoms with Crippen molar-refractivity contribution in [2.24, 2.45) is 0 Å². The average Bonchev–Trinajstić information content (AvgIpc) is 2.85. The van der Waals surface area contributed by atoms with Crippen LogP contribution in [-0.4, -0.2) is 55.2 Å². The van der Waals surface area contributed by atoms with Crippen LogP contribution < -0.4 is 10.1 Å². The van der Waals surface area contributed by atoms with Crippen LogP contribution in [0.2, 0.25) is 0 Å². The van der Waals surface area contributed by atoms with Gasteiger partial charge in [-0.15, -0.1) is 24.8 Å². The number of benzene rings is 2. The number of carbonyl (C=O) groups excluding carboxylic acids is 1. The van der Waals surface area contributed by atoms with Crippen LogP contribution in [0.3, 0.4) is 0 Å².